The molecule has 6 nitrogen and oxygen atoms in total. The summed E-state index contributed by atoms with van der Waals surface area (Å²) in [5, 5.41) is 0. The molecule has 3 aliphatic rings. The Morgan fingerprint density at radius 1 is 1.16 bits per heavy atom. The molecule has 2 bridgehead atoms. The van der Waals surface area contributed by atoms with Crippen LogP contribution in [0.5, 0.6) is 0 Å². The number of morpholine rings is 1. The molecule has 1 aromatic carbocycles. The van der Waals surface area contributed by atoms with E-state index >= 15 is 0 Å². The Hall–Kier alpha value is -1.44. The molecule has 4 rings (SSSR count). The van der Waals surface area contributed by atoms with E-state index in [0.29, 0.717) is 17.9 Å². The van der Waals surface area contributed by atoms with Crippen molar-refractivity contribution in [3.63, 3.8) is 0 Å². The van der Waals surface area contributed by atoms with Crippen LogP contribution in [0.15, 0.2) is 29.2 Å². The van der Waals surface area contributed by atoms with Gasteiger partial charge in [-0.2, -0.15) is 4.31 Å². The Kier molecular flexibility index (Phi) is 4.33. The number of fused-ring (bicyclic) bond motifs is 2. The van der Waals surface area contributed by atoms with Gasteiger partial charge in [0.05, 0.1) is 23.0 Å². The van der Waals surface area contributed by atoms with Crippen molar-refractivity contribution in [1.29, 1.82) is 0 Å². The van der Waals surface area contributed by atoms with Crippen molar-refractivity contribution in [3.8, 4) is 0 Å². The number of amides is 1. The zero-order valence-electron chi connectivity index (χ0n) is 14.4. The van der Waals surface area contributed by atoms with Gasteiger partial charge < -0.3 is 9.64 Å². The molecule has 1 amide bonds. The van der Waals surface area contributed by atoms with Gasteiger partial charge in [0, 0.05) is 26.2 Å². The van der Waals surface area contributed by atoms with E-state index in [1.54, 1.807) is 12.1 Å². The molecule has 3 saturated heterocycles. The Bertz CT molecular complexity index is 773. The molecule has 7 heteroatoms. The van der Waals surface area contributed by atoms with E-state index < -0.39 is 10.0 Å². The van der Waals surface area contributed by atoms with Gasteiger partial charge in [0.25, 0.3) is 0 Å². The number of aryl methyl sites for hydroxylation is 1. The number of nitrogens with zero attached hydrogens (tertiary/aromatic N) is 2. The molecule has 0 aromatic heterocycles. The third kappa shape index (κ3) is 2.98. The lowest BCUT2D eigenvalue weighted by atomic mass is 9.99. The standard InChI is InChI=1S/C18H24N2O4S/c1-13-6-2-3-7-17(13)25(22,23)20-11-14-10-15(16(12-20)24-14)18(21)19-8-4-5-9-19/h2-3,6-7,14-16H,4-5,8-12H2,1H3. The lowest BCUT2D eigenvalue weighted by molar-refractivity contribution is -0.136. The number of ether oxygens (including phenoxy) is 1. The Labute approximate surface area is 148 Å². The summed E-state index contributed by atoms with van der Waals surface area (Å²) >= 11 is 0. The van der Waals surface area contributed by atoms with Crippen molar-refractivity contribution >= 4 is 15.9 Å². The molecule has 3 unspecified atom stereocenters. The van der Waals surface area contributed by atoms with Crippen LogP contribution in [0, 0.1) is 12.8 Å². The van der Waals surface area contributed by atoms with Crippen molar-refractivity contribution in [2.75, 3.05) is 26.2 Å². The highest BCUT2D eigenvalue weighted by atomic mass is 32.2. The highest BCUT2D eigenvalue weighted by Crippen LogP contribution is 2.36. The molecular formula is C18H24N2O4S. The minimum absolute atomic E-state index is 0.139. The molecular weight excluding hydrogens is 340 g/mol. The van der Waals surface area contributed by atoms with Crippen molar-refractivity contribution in [3.05, 3.63) is 29.8 Å². The molecule has 0 saturated carbocycles. The molecule has 0 N–H and O–H groups in total. The van der Waals surface area contributed by atoms with Crippen LogP contribution in [-0.2, 0) is 19.6 Å². The van der Waals surface area contributed by atoms with E-state index in [1.165, 1.54) is 4.31 Å². The first kappa shape index (κ1) is 17.0. The fourth-order valence-electron chi connectivity index (χ4n) is 4.24. The van der Waals surface area contributed by atoms with E-state index in [2.05, 4.69) is 0 Å². The van der Waals surface area contributed by atoms with Crippen LogP contribution in [0.2, 0.25) is 0 Å². The normalized spacial score (nSPS) is 30.0. The molecule has 0 radical (unpaired) electrons. The van der Waals surface area contributed by atoms with Gasteiger partial charge in [0.15, 0.2) is 0 Å². The Morgan fingerprint density at radius 3 is 2.60 bits per heavy atom. The second kappa shape index (κ2) is 6.37. The lowest BCUT2D eigenvalue weighted by Gasteiger charge is -2.32. The summed E-state index contributed by atoms with van der Waals surface area (Å²) in [6.45, 7) is 4.03. The fourth-order valence-corrected chi connectivity index (χ4v) is 5.95. The summed E-state index contributed by atoms with van der Waals surface area (Å²) in [6, 6.07) is 7.04. The van der Waals surface area contributed by atoms with Crippen molar-refractivity contribution in [2.24, 2.45) is 5.92 Å². The third-order valence-electron chi connectivity index (χ3n) is 5.57. The van der Waals surface area contributed by atoms with Crippen LogP contribution in [0.25, 0.3) is 0 Å². The number of likely N-dealkylation sites (tertiary alicyclic amines) is 1. The summed E-state index contributed by atoms with van der Waals surface area (Å²) in [7, 11) is -3.56. The first-order valence-corrected chi connectivity index (χ1v) is 10.4. The molecule has 3 aliphatic heterocycles. The summed E-state index contributed by atoms with van der Waals surface area (Å²) in [5.74, 6) is -0.0692. The zero-order valence-corrected chi connectivity index (χ0v) is 15.2. The number of rotatable bonds is 3. The van der Waals surface area contributed by atoms with E-state index in [9.17, 15) is 13.2 Å². The van der Waals surface area contributed by atoms with E-state index in [4.69, 9.17) is 4.74 Å². The van der Waals surface area contributed by atoms with E-state index in [0.717, 1.165) is 31.5 Å². The molecule has 3 fully saturated rings. The van der Waals surface area contributed by atoms with Gasteiger partial charge in [-0.3, -0.25) is 4.79 Å². The average Bonchev–Trinajstić information content (AvgIpc) is 3.22. The van der Waals surface area contributed by atoms with Crippen LogP contribution in [0.1, 0.15) is 24.8 Å². The minimum atomic E-state index is -3.56. The second-order valence-corrected chi connectivity index (χ2v) is 9.17. The number of hydrogen-bond donors (Lipinski definition) is 0. The number of carbonyl (C=O) groups excluding carboxylic acids is 1. The van der Waals surface area contributed by atoms with Gasteiger partial charge in [0.2, 0.25) is 15.9 Å². The van der Waals surface area contributed by atoms with Crippen LogP contribution < -0.4 is 0 Å². The molecule has 3 heterocycles. The van der Waals surface area contributed by atoms with E-state index in [-0.39, 0.29) is 30.6 Å². The summed E-state index contributed by atoms with van der Waals surface area (Å²) < 4.78 is 33.5. The second-order valence-electron chi connectivity index (χ2n) is 7.26. The monoisotopic (exact) mass is 364 g/mol. The predicted molar refractivity (Wildman–Crippen MR) is 92.5 cm³/mol. The highest BCUT2D eigenvalue weighted by Gasteiger charge is 2.48. The van der Waals surface area contributed by atoms with Gasteiger partial charge in [-0.05, 0) is 37.8 Å². The smallest absolute Gasteiger partial charge is 0.243 e. The van der Waals surface area contributed by atoms with Gasteiger partial charge in [-0.1, -0.05) is 18.2 Å². The van der Waals surface area contributed by atoms with Gasteiger partial charge in [-0.15, -0.1) is 0 Å². The number of sulfonamides is 1. The Morgan fingerprint density at radius 2 is 1.88 bits per heavy atom. The van der Waals surface area contributed by atoms with E-state index in [1.807, 2.05) is 24.0 Å². The summed E-state index contributed by atoms with van der Waals surface area (Å²) in [6.07, 6.45) is 2.22. The quantitative estimate of drug-likeness (QED) is 0.813. The van der Waals surface area contributed by atoms with Crippen LogP contribution >= 0.6 is 0 Å². The predicted octanol–water partition coefficient (Wildman–Crippen LogP) is 1.40. The first-order valence-electron chi connectivity index (χ1n) is 8.97. The van der Waals surface area contributed by atoms with Crippen molar-refractivity contribution < 1.29 is 17.9 Å². The van der Waals surface area contributed by atoms with Crippen LogP contribution in [0.4, 0.5) is 0 Å². The maximum atomic E-state index is 13.0. The fraction of sp³-hybridized carbons (Fsp3) is 0.611. The molecule has 136 valence electrons. The number of carbonyl (C=O) groups is 1. The van der Waals surface area contributed by atoms with Crippen LogP contribution in [-0.4, -0.2) is 61.9 Å². The summed E-state index contributed by atoms with van der Waals surface area (Å²) in [5.41, 5.74) is 0.742. The SMILES string of the molecule is Cc1ccccc1S(=O)(=O)N1CC2CC(C(=O)N3CCCC3)C(C1)O2. The largest absolute Gasteiger partial charge is 0.371 e. The molecule has 3 atom stereocenters. The average molecular weight is 364 g/mol. The van der Waals surface area contributed by atoms with Gasteiger partial charge in [0.1, 0.15) is 0 Å². The molecule has 1 aromatic rings. The van der Waals surface area contributed by atoms with Gasteiger partial charge >= 0.3 is 0 Å². The summed E-state index contributed by atoms with van der Waals surface area (Å²) in [4.78, 5) is 15.0. The Balaban J connectivity index is 1.54. The zero-order chi connectivity index (χ0) is 17.6. The maximum Gasteiger partial charge on any atom is 0.243 e. The molecule has 0 aliphatic carbocycles. The maximum absolute atomic E-state index is 13.0. The van der Waals surface area contributed by atoms with Crippen LogP contribution in [0.3, 0.4) is 0 Å². The van der Waals surface area contributed by atoms with Gasteiger partial charge in [-0.25, -0.2) is 8.42 Å². The minimum Gasteiger partial charge on any atom is -0.371 e. The molecule has 0 spiro atoms. The van der Waals surface area contributed by atoms with Crippen molar-refractivity contribution in [2.45, 2.75) is 43.3 Å². The number of hydrogen-bond acceptors (Lipinski definition) is 4. The first-order chi connectivity index (χ1) is 12.0. The topological polar surface area (TPSA) is 66.9 Å². The molecule has 25 heavy (non-hydrogen) atoms. The third-order valence-corrected chi connectivity index (χ3v) is 7.56. The highest BCUT2D eigenvalue weighted by molar-refractivity contribution is 7.89. The lowest BCUT2D eigenvalue weighted by Crippen LogP contribution is -2.48. The number of benzene rings is 1. The van der Waals surface area contributed by atoms with Crippen molar-refractivity contribution in [1.82, 2.24) is 9.21 Å².